The number of H-pyrrole nitrogens is 1. The first kappa shape index (κ1) is 35.3. The Labute approximate surface area is 302 Å². The summed E-state index contributed by atoms with van der Waals surface area (Å²) >= 11 is 0. The first-order valence-electron chi connectivity index (χ1n) is 17.9. The summed E-state index contributed by atoms with van der Waals surface area (Å²) in [6.07, 6.45) is 5.28. The first-order chi connectivity index (χ1) is 24.8. The number of carbonyl (C=O) groups is 1. The first-order valence-corrected chi connectivity index (χ1v) is 17.9. The van der Waals surface area contributed by atoms with Gasteiger partial charge in [-0.15, -0.1) is 0 Å². The van der Waals surface area contributed by atoms with E-state index >= 15 is 13.6 Å². The number of halogens is 2. The molecule has 12 heteroatoms. The van der Waals surface area contributed by atoms with Crippen molar-refractivity contribution in [2.75, 3.05) is 56.6 Å². The molecule has 0 spiro atoms. The van der Waals surface area contributed by atoms with E-state index in [0.717, 1.165) is 18.5 Å². The highest BCUT2D eigenvalue weighted by atomic mass is 19.1. The van der Waals surface area contributed by atoms with Gasteiger partial charge in [0.15, 0.2) is 5.82 Å². The van der Waals surface area contributed by atoms with Crippen molar-refractivity contribution in [2.45, 2.75) is 59.0 Å². The molecular weight excluding hydrogens is 662 g/mol. The smallest absolute Gasteiger partial charge is 0.281 e. The van der Waals surface area contributed by atoms with Gasteiger partial charge in [0.05, 0.1) is 51.6 Å². The molecule has 1 saturated heterocycles. The number of piperazine rings is 1. The van der Waals surface area contributed by atoms with Crippen molar-refractivity contribution >= 4 is 39.2 Å². The van der Waals surface area contributed by atoms with Gasteiger partial charge in [-0.1, -0.05) is 26.5 Å². The number of hydrogen-bond acceptors (Lipinski definition) is 7. The quantitative estimate of drug-likeness (QED) is 0.189. The third kappa shape index (κ3) is 5.64. The number of hydrogen-bond donors (Lipinski definition) is 1. The molecule has 1 fully saturated rings. The molecule has 2 aromatic carbocycles. The summed E-state index contributed by atoms with van der Waals surface area (Å²) in [6.45, 7) is 15.9. The summed E-state index contributed by atoms with van der Waals surface area (Å²) in [6, 6.07) is 6.37. The van der Waals surface area contributed by atoms with Crippen molar-refractivity contribution in [1.29, 1.82) is 0 Å². The fourth-order valence-electron chi connectivity index (χ4n) is 8.19. The summed E-state index contributed by atoms with van der Waals surface area (Å²) in [5.41, 5.74) is 4.16. The van der Waals surface area contributed by atoms with Gasteiger partial charge in [0.1, 0.15) is 11.5 Å². The van der Waals surface area contributed by atoms with Gasteiger partial charge in [0, 0.05) is 49.4 Å². The van der Waals surface area contributed by atoms with Crippen LogP contribution in [0.15, 0.2) is 54.2 Å². The normalized spacial score (nSPS) is 17.4. The number of aryl methyl sites for hydroxylation is 2. The van der Waals surface area contributed by atoms with Gasteiger partial charge in [-0.2, -0.15) is 0 Å². The van der Waals surface area contributed by atoms with Gasteiger partial charge in [-0.3, -0.25) is 19.1 Å². The molecule has 0 aliphatic carbocycles. The lowest BCUT2D eigenvalue weighted by molar-refractivity contribution is -0.128. The predicted octanol–water partition coefficient (Wildman–Crippen LogP) is 6.31. The number of pyridine rings is 2. The molecule has 2 atom stereocenters. The van der Waals surface area contributed by atoms with Crippen molar-refractivity contribution in [3.63, 3.8) is 0 Å². The van der Waals surface area contributed by atoms with Crippen molar-refractivity contribution in [2.24, 2.45) is 0 Å². The second kappa shape index (κ2) is 13.5. The van der Waals surface area contributed by atoms with Gasteiger partial charge in [-0.05, 0) is 89.2 Å². The number of nitrogens with zero attached hydrogens (tertiary/aromatic N) is 7. The van der Waals surface area contributed by atoms with E-state index in [9.17, 15) is 4.79 Å². The SMILES string of the molecule is C=CC(=O)N1CC2CN(CCCN(C)C)c3c(c4cc(F)c(-c5c(C)ccc6[nH]cnc56)c(F)c4n(-c4c(C)ccnc4C(C)C)c3=O)N2CC1C. The molecule has 0 bridgehead atoms. The second-order valence-corrected chi connectivity index (χ2v) is 14.8. The minimum Gasteiger partial charge on any atom is -0.363 e. The van der Waals surface area contributed by atoms with Crippen molar-refractivity contribution < 1.29 is 13.6 Å². The monoisotopic (exact) mass is 708 g/mol. The molecule has 3 aromatic heterocycles. The van der Waals surface area contributed by atoms with E-state index in [-0.39, 0.29) is 40.4 Å². The topological polar surface area (TPSA) is 93.6 Å². The fourth-order valence-corrected chi connectivity index (χ4v) is 8.19. The highest BCUT2D eigenvalue weighted by Gasteiger charge is 2.42. The Balaban J connectivity index is 1.62. The Morgan fingerprint density at radius 3 is 2.54 bits per heavy atom. The maximum Gasteiger partial charge on any atom is 0.281 e. The number of aromatic amines is 1. The molecule has 5 aromatic rings. The van der Waals surface area contributed by atoms with Gasteiger partial charge in [0.2, 0.25) is 5.91 Å². The molecule has 272 valence electrons. The average molecular weight is 709 g/mol. The van der Waals surface area contributed by atoms with Crippen LogP contribution in [0.25, 0.3) is 38.8 Å². The van der Waals surface area contributed by atoms with E-state index in [4.69, 9.17) is 4.98 Å². The Hall–Kier alpha value is -5.10. The van der Waals surface area contributed by atoms with Crippen molar-refractivity contribution in [1.82, 2.24) is 29.3 Å². The van der Waals surface area contributed by atoms with E-state index in [1.165, 1.54) is 23.0 Å². The number of imidazole rings is 1. The number of benzene rings is 2. The van der Waals surface area contributed by atoms with Gasteiger partial charge in [-0.25, -0.2) is 13.8 Å². The van der Waals surface area contributed by atoms with Crippen LogP contribution >= 0.6 is 0 Å². The Morgan fingerprint density at radius 2 is 1.83 bits per heavy atom. The summed E-state index contributed by atoms with van der Waals surface area (Å²) in [4.78, 5) is 48.7. The third-order valence-electron chi connectivity index (χ3n) is 10.6. The zero-order valence-corrected chi connectivity index (χ0v) is 30.9. The summed E-state index contributed by atoms with van der Waals surface area (Å²) in [5.74, 6) is -1.87. The van der Waals surface area contributed by atoms with Crippen LogP contribution in [0.5, 0.6) is 0 Å². The molecule has 2 unspecified atom stereocenters. The zero-order chi connectivity index (χ0) is 37.2. The molecule has 1 amide bonds. The molecule has 2 aliphatic rings. The van der Waals surface area contributed by atoms with Crippen LogP contribution in [0.1, 0.15) is 49.9 Å². The molecular formula is C40H46F2N8O2. The molecule has 10 nitrogen and oxygen atoms in total. The molecule has 1 N–H and O–H groups in total. The Bertz CT molecular complexity index is 2290. The van der Waals surface area contributed by atoms with Crippen LogP contribution in [-0.2, 0) is 4.79 Å². The highest BCUT2D eigenvalue weighted by molar-refractivity contribution is 6.05. The van der Waals surface area contributed by atoms with Gasteiger partial charge >= 0.3 is 0 Å². The van der Waals surface area contributed by atoms with E-state index in [1.54, 1.807) is 18.0 Å². The molecule has 7 rings (SSSR count). The molecule has 2 aliphatic heterocycles. The van der Waals surface area contributed by atoms with E-state index in [2.05, 4.69) is 31.2 Å². The van der Waals surface area contributed by atoms with Crippen molar-refractivity contribution in [3.05, 3.63) is 88.3 Å². The Morgan fingerprint density at radius 1 is 1.06 bits per heavy atom. The summed E-state index contributed by atoms with van der Waals surface area (Å²) in [7, 11) is 4.00. The predicted molar refractivity (Wildman–Crippen MR) is 204 cm³/mol. The lowest BCUT2D eigenvalue weighted by Gasteiger charge is -2.52. The number of anilines is 2. The van der Waals surface area contributed by atoms with E-state index in [0.29, 0.717) is 71.1 Å². The van der Waals surface area contributed by atoms with Crippen LogP contribution in [0.3, 0.4) is 0 Å². The van der Waals surface area contributed by atoms with Gasteiger partial charge in [0.25, 0.3) is 5.56 Å². The van der Waals surface area contributed by atoms with E-state index in [1.807, 2.05) is 60.0 Å². The number of fused-ring (bicyclic) bond motifs is 6. The number of nitrogens with one attached hydrogen (secondary N) is 1. The average Bonchev–Trinajstić information content (AvgIpc) is 3.58. The van der Waals surface area contributed by atoms with Crippen LogP contribution < -0.4 is 15.4 Å². The second-order valence-electron chi connectivity index (χ2n) is 14.8. The van der Waals surface area contributed by atoms with Crippen LogP contribution in [-0.4, -0.2) is 94.1 Å². The lowest BCUT2D eigenvalue weighted by Crippen LogP contribution is -2.64. The maximum atomic E-state index is 17.9. The fraction of sp³-hybridized carbons (Fsp3) is 0.400. The third-order valence-corrected chi connectivity index (χ3v) is 10.6. The number of carbonyl (C=O) groups excluding carboxylic acids is 1. The van der Waals surface area contributed by atoms with E-state index < -0.39 is 17.2 Å². The number of rotatable bonds is 8. The molecule has 52 heavy (non-hydrogen) atoms. The summed E-state index contributed by atoms with van der Waals surface area (Å²) in [5, 5.41) is 0.288. The van der Waals surface area contributed by atoms with Crippen molar-refractivity contribution in [3.8, 4) is 16.8 Å². The Kier molecular flexibility index (Phi) is 9.14. The van der Waals surface area contributed by atoms with Crippen LogP contribution in [0.4, 0.5) is 20.2 Å². The molecule has 0 saturated carbocycles. The molecule has 5 heterocycles. The standard InChI is InChI=1S/C40H46F2N8O2/c1-9-30(51)48-20-26-19-47(16-10-15-46(7)8)39-38(49(26)18-25(48)6)27-17-28(41)32(31-23(4)11-12-29-35(31)45-21-44-29)33(42)37(27)50(40(39)52)36-24(5)13-14-43-34(36)22(2)3/h9,11-14,17,21-22,25-26H,1,10,15-16,18-20H2,2-8H3,(H,44,45). The molecule has 0 radical (unpaired) electrons. The number of amides is 1. The lowest BCUT2D eigenvalue weighted by atomic mass is 9.93. The van der Waals surface area contributed by atoms with Crippen LogP contribution in [0, 0.1) is 25.5 Å². The highest BCUT2D eigenvalue weighted by Crippen LogP contribution is 2.46. The summed E-state index contributed by atoms with van der Waals surface area (Å²) < 4.78 is 36.4. The maximum absolute atomic E-state index is 17.9. The minimum absolute atomic E-state index is 0.0174. The number of aromatic nitrogens is 4. The van der Waals surface area contributed by atoms with Gasteiger partial charge < -0.3 is 24.6 Å². The largest absolute Gasteiger partial charge is 0.363 e. The minimum atomic E-state index is -0.846. The van der Waals surface area contributed by atoms with Crippen LogP contribution in [0.2, 0.25) is 0 Å². The zero-order valence-electron chi connectivity index (χ0n) is 30.9.